The van der Waals surface area contributed by atoms with E-state index < -0.39 is 64.7 Å². The highest BCUT2D eigenvalue weighted by molar-refractivity contribution is 7.90. The molecule has 8 nitrogen and oxygen atoms in total. The zero-order valence-electron chi connectivity index (χ0n) is 16.0. The lowest BCUT2D eigenvalue weighted by molar-refractivity contribution is -0.131. The molecule has 0 saturated carbocycles. The lowest BCUT2D eigenvalue weighted by Gasteiger charge is -2.19. The molecule has 1 atom stereocenters. The third-order valence-electron chi connectivity index (χ3n) is 4.49. The minimum atomic E-state index is -3.92. The Bertz CT molecular complexity index is 1210. The van der Waals surface area contributed by atoms with E-state index in [1.807, 2.05) is 0 Å². The molecule has 0 spiro atoms. The van der Waals surface area contributed by atoms with Crippen LogP contribution < -0.4 is 5.32 Å². The second kappa shape index (κ2) is 9.05. The van der Waals surface area contributed by atoms with Crippen molar-refractivity contribution in [2.24, 2.45) is 0 Å². The van der Waals surface area contributed by atoms with Crippen LogP contribution in [0.2, 0.25) is 5.02 Å². The van der Waals surface area contributed by atoms with E-state index in [4.69, 9.17) is 16.9 Å². The van der Waals surface area contributed by atoms with Gasteiger partial charge in [-0.3, -0.25) is 9.59 Å². The van der Waals surface area contributed by atoms with Gasteiger partial charge < -0.3 is 10.2 Å². The van der Waals surface area contributed by atoms with E-state index in [2.05, 4.69) is 10.3 Å². The summed E-state index contributed by atoms with van der Waals surface area (Å²) in [6, 6.07) is 3.28. The number of hydrogen-bond donors (Lipinski definition) is 1. The van der Waals surface area contributed by atoms with E-state index in [-0.39, 0.29) is 20.6 Å². The Morgan fingerprint density at radius 2 is 2.12 bits per heavy atom. The molecular formula is C18H14ClF3N4O4S2. The number of rotatable bonds is 6. The van der Waals surface area contributed by atoms with Gasteiger partial charge in [-0.15, -0.1) is 11.3 Å². The molecular weight excluding hydrogens is 493 g/mol. The Labute approximate surface area is 189 Å². The number of halogens is 4. The van der Waals surface area contributed by atoms with Crippen molar-refractivity contribution in [1.29, 1.82) is 5.26 Å². The monoisotopic (exact) mass is 506 g/mol. The van der Waals surface area contributed by atoms with Gasteiger partial charge in [0, 0.05) is 11.8 Å². The molecule has 1 aliphatic rings. The quantitative estimate of drug-likeness (QED) is 0.601. The lowest BCUT2D eigenvalue weighted by Crippen LogP contribution is -2.43. The Morgan fingerprint density at radius 1 is 1.41 bits per heavy atom. The molecule has 1 fully saturated rings. The highest BCUT2D eigenvalue weighted by Gasteiger charge is 2.47. The summed E-state index contributed by atoms with van der Waals surface area (Å²) in [6.45, 7) is -1.54. The van der Waals surface area contributed by atoms with Gasteiger partial charge in [0.05, 0.1) is 29.1 Å². The summed E-state index contributed by atoms with van der Waals surface area (Å²) >= 11 is 6.49. The van der Waals surface area contributed by atoms with Gasteiger partial charge in [0.2, 0.25) is 5.91 Å². The number of carbonyl (C=O) groups is 2. The minimum absolute atomic E-state index is 0.0608. The molecule has 1 saturated heterocycles. The number of amides is 2. The average Bonchev–Trinajstić information content (AvgIpc) is 3.30. The van der Waals surface area contributed by atoms with E-state index in [1.165, 1.54) is 5.38 Å². The predicted molar refractivity (Wildman–Crippen MR) is 107 cm³/mol. The second-order valence-corrected chi connectivity index (χ2v) is 10.2. The first kappa shape index (κ1) is 24.0. The normalized spacial score (nSPS) is 17.7. The van der Waals surface area contributed by atoms with Crippen LogP contribution in [0, 0.1) is 17.1 Å². The highest BCUT2D eigenvalue weighted by atomic mass is 35.5. The van der Waals surface area contributed by atoms with Crippen molar-refractivity contribution in [3.8, 4) is 6.07 Å². The van der Waals surface area contributed by atoms with Crippen molar-refractivity contribution in [1.82, 2.24) is 15.2 Å². The highest BCUT2D eigenvalue weighted by Crippen LogP contribution is 2.31. The van der Waals surface area contributed by atoms with Crippen molar-refractivity contribution in [2.45, 2.75) is 29.0 Å². The number of likely N-dealkylation sites (tertiary alicyclic amines) is 1. The van der Waals surface area contributed by atoms with E-state index in [0.717, 1.165) is 29.5 Å². The van der Waals surface area contributed by atoms with Crippen LogP contribution in [0.1, 0.15) is 21.9 Å². The van der Waals surface area contributed by atoms with Crippen molar-refractivity contribution >= 4 is 44.6 Å². The fourth-order valence-electron chi connectivity index (χ4n) is 2.94. The standard InChI is InChI=1S/C18H14ClF3N4O4S2/c19-12-3-11(1-2-13(12)20)32(29,30)8-15-25-14(7-31-15)17(28)24-6-16(27)26-9-18(21,22)4-10(26)5-23/h1-3,7,10H,4,6,8-9H2,(H,24,28)/t10-/m0/s1. The summed E-state index contributed by atoms with van der Waals surface area (Å²) in [5.74, 6) is -6.19. The number of aromatic nitrogens is 1. The smallest absolute Gasteiger partial charge is 0.271 e. The summed E-state index contributed by atoms with van der Waals surface area (Å²) < 4.78 is 65.1. The number of alkyl halides is 2. The number of benzene rings is 1. The van der Waals surface area contributed by atoms with E-state index >= 15 is 0 Å². The van der Waals surface area contributed by atoms with Gasteiger partial charge >= 0.3 is 0 Å². The van der Waals surface area contributed by atoms with Crippen LogP contribution >= 0.6 is 22.9 Å². The maximum Gasteiger partial charge on any atom is 0.271 e. The van der Waals surface area contributed by atoms with Gasteiger partial charge in [0.25, 0.3) is 11.8 Å². The van der Waals surface area contributed by atoms with Crippen LogP contribution in [0.3, 0.4) is 0 Å². The topological polar surface area (TPSA) is 120 Å². The number of hydrogen-bond acceptors (Lipinski definition) is 7. The summed E-state index contributed by atoms with van der Waals surface area (Å²) in [5.41, 5.74) is -0.172. The minimum Gasteiger partial charge on any atom is -0.342 e. The predicted octanol–water partition coefficient (Wildman–Crippen LogP) is 2.40. The van der Waals surface area contributed by atoms with Gasteiger partial charge in [-0.25, -0.2) is 26.6 Å². The zero-order valence-corrected chi connectivity index (χ0v) is 18.4. The molecule has 3 rings (SSSR count). The fraction of sp³-hybridized carbons (Fsp3) is 0.333. The summed E-state index contributed by atoms with van der Waals surface area (Å²) in [4.78, 5) is 28.7. The molecule has 1 aromatic heterocycles. The number of sulfone groups is 1. The Kier molecular flexibility index (Phi) is 6.77. The number of nitrogens with one attached hydrogen (secondary N) is 1. The fourth-order valence-corrected chi connectivity index (χ4v) is 5.61. The third-order valence-corrected chi connectivity index (χ3v) is 7.43. The molecule has 1 aromatic carbocycles. The van der Waals surface area contributed by atoms with Gasteiger partial charge in [-0.1, -0.05) is 11.6 Å². The number of carbonyl (C=O) groups excluding carboxylic acids is 2. The molecule has 170 valence electrons. The first-order chi connectivity index (χ1) is 14.9. The summed E-state index contributed by atoms with van der Waals surface area (Å²) in [7, 11) is -3.92. The van der Waals surface area contributed by atoms with Gasteiger partial charge in [-0.2, -0.15) is 5.26 Å². The molecule has 0 aliphatic carbocycles. The van der Waals surface area contributed by atoms with Gasteiger partial charge in [0.1, 0.15) is 28.3 Å². The molecule has 1 aliphatic heterocycles. The second-order valence-electron chi connectivity index (χ2n) is 6.87. The SMILES string of the molecule is N#C[C@@H]1CC(F)(F)CN1C(=O)CNC(=O)c1csc(CS(=O)(=O)c2ccc(F)c(Cl)c2)n1. The number of nitriles is 1. The number of thiazole rings is 1. The molecule has 0 unspecified atom stereocenters. The van der Waals surface area contributed by atoms with Crippen LogP contribution in [0.25, 0.3) is 0 Å². The summed E-state index contributed by atoms with van der Waals surface area (Å²) in [5, 5.41) is 12.1. The van der Waals surface area contributed by atoms with Crippen LogP contribution in [0.4, 0.5) is 13.2 Å². The first-order valence-electron chi connectivity index (χ1n) is 8.89. The van der Waals surface area contributed by atoms with Crippen molar-refractivity contribution in [3.05, 3.63) is 45.1 Å². The maximum atomic E-state index is 13.4. The molecule has 0 bridgehead atoms. The molecule has 14 heteroatoms. The molecule has 2 amide bonds. The van der Waals surface area contributed by atoms with Crippen LogP contribution in [-0.2, 0) is 20.4 Å². The van der Waals surface area contributed by atoms with Crippen molar-refractivity contribution in [3.63, 3.8) is 0 Å². The Morgan fingerprint density at radius 3 is 2.78 bits per heavy atom. The van der Waals surface area contributed by atoms with E-state index in [0.29, 0.717) is 4.90 Å². The molecule has 0 radical (unpaired) electrons. The van der Waals surface area contributed by atoms with E-state index in [9.17, 15) is 31.2 Å². The molecule has 1 N–H and O–H groups in total. The molecule has 2 heterocycles. The van der Waals surface area contributed by atoms with Crippen LogP contribution in [0.5, 0.6) is 0 Å². The largest absolute Gasteiger partial charge is 0.342 e. The molecule has 2 aromatic rings. The van der Waals surface area contributed by atoms with Crippen molar-refractivity contribution < 1.29 is 31.2 Å². The van der Waals surface area contributed by atoms with Crippen LogP contribution in [0.15, 0.2) is 28.5 Å². The number of nitrogens with zero attached hydrogens (tertiary/aromatic N) is 3. The Balaban J connectivity index is 1.61. The maximum absolute atomic E-state index is 13.4. The average molecular weight is 507 g/mol. The van der Waals surface area contributed by atoms with E-state index in [1.54, 1.807) is 6.07 Å². The Hall–Kier alpha value is -2.69. The van der Waals surface area contributed by atoms with Gasteiger partial charge in [0.15, 0.2) is 9.84 Å². The lowest BCUT2D eigenvalue weighted by atomic mass is 10.2. The van der Waals surface area contributed by atoms with Crippen molar-refractivity contribution in [2.75, 3.05) is 13.1 Å². The summed E-state index contributed by atoms with van der Waals surface area (Å²) in [6.07, 6.45) is -0.771. The van der Waals surface area contributed by atoms with Crippen LogP contribution in [-0.4, -0.2) is 55.2 Å². The van der Waals surface area contributed by atoms with Gasteiger partial charge in [-0.05, 0) is 18.2 Å². The molecule has 32 heavy (non-hydrogen) atoms. The zero-order chi connectivity index (χ0) is 23.7. The first-order valence-corrected chi connectivity index (χ1v) is 11.8. The third kappa shape index (κ3) is 5.37.